The summed E-state index contributed by atoms with van der Waals surface area (Å²) in [5.41, 5.74) is 4.09. The van der Waals surface area contributed by atoms with Crippen molar-refractivity contribution in [3.8, 4) is 16.5 Å². The predicted octanol–water partition coefficient (Wildman–Crippen LogP) is 3.47. The number of benzene rings is 1. The SMILES string of the molecule is CN(CCO)c1ccc2c(c1)C(C)(C)c1cc(/C=C(\C#N)C(=O)O)sc1-2. The molecule has 1 aliphatic rings. The lowest BCUT2D eigenvalue weighted by Gasteiger charge is -2.24. The van der Waals surface area contributed by atoms with Crippen molar-refractivity contribution in [1.29, 1.82) is 5.26 Å². The Hall–Kier alpha value is -2.62. The molecule has 1 aromatic carbocycles. The van der Waals surface area contributed by atoms with Gasteiger partial charge in [-0.1, -0.05) is 19.9 Å². The summed E-state index contributed by atoms with van der Waals surface area (Å²) >= 11 is 1.51. The number of hydrogen-bond acceptors (Lipinski definition) is 5. The van der Waals surface area contributed by atoms with Crippen LogP contribution in [0.1, 0.15) is 29.9 Å². The van der Waals surface area contributed by atoms with Gasteiger partial charge in [-0.2, -0.15) is 5.26 Å². The Morgan fingerprint density at radius 3 is 2.69 bits per heavy atom. The largest absolute Gasteiger partial charge is 0.477 e. The van der Waals surface area contributed by atoms with E-state index in [-0.39, 0.29) is 17.6 Å². The summed E-state index contributed by atoms with van der Waals surface area (Å²) in [6.45, 7) is 4.97. The molecule has 0 spiro atoms. The van der Waals surface area contributed by atoms with Gasteiger partial charge in [0.25, 0.3) is 0 Å². The van der Waals surface area contributed by atoms with Crippen LogP contribution in [0.15, 0.2) is 29.8 Å². The van der Waals surface area contributed by atoms with Crippen LogP contribution in [0.25, 0.3) is 16.5 Å². The number of nitrogens with zero attached hydrogens (tertiary/aromatic N) is 2. The van der Waals surface area contributed by atoms with Gasteiger partial charge in [0, 0.05) is 34.4 Å². The van der Waals surface area contributed by atoms with E-state index in [4.69, 9.17) is 15.5 Å². The number of fused-ring (bicyclic) bond motifs is 3. The lowest BCUT2D eigenvalue weighted by Crippen LogP contribution is -2.22. The van der Waals surface area contributed by atoms with Crippen LogP contribution >= 0.6 is 11.3 Å². The van der Waals surface area contributed by atoms with Gasteiger partial charge in [-0.25, -0.2) is 4.79 Å². The molecule has 1 aliphatic carbocycles. The van der Waals surface area contributed by atoms with E-state index in [0.29, 0.717) is 6.54 Å². The third-order valence-corrected chi connectivity index (χ3v) is 5.97. The summed E-state index contributed by atoms with van der Waals surface area (Å²) in [6.07, 6.45) is 1.43. The highest BCUT2D eigenvalue weighted by Crippen LogP contribution is 2.53. The smallest absolute Gasteiger partial charge is 0.346 e. The van der Waals surface area contributed by atoms with Crippen molar-refractivity contribution in [2.24, 2.45) is 0 Å². The number of carbonyl (C=O) groups is 1. The molecule has 0 radical (unpaired) electrons. The molecular formula is C20H20N2O3S. The molecule has 1 heterocycles. The number of hydrogen-bond donors (Lipinski definition) is 2. The van der Waals surface area contributed by atoms with Gasteiger partial charge in [0.15, 0.2) is 0 Å². The van der Waals surface area contributed by atoms with Crippen molar-refractivity contribution in [3.63, 3.8) is 0 Å². The Balaban J connectivity index is 2.07. The highest BCUT2D eigenvalue weighted by atomic mass is 32.1. The van der Waals surface area contributed by atoms with Crippen molar-refractivity contribution >= 4 is 29.1 Å². The Morgan fingerprint density at radius 2 is 2.08 bits per heavy atom. The van der Waals surface area contributed by atoms with Gasteiger partial charge in [0.1, 0.15) is 11.6 Å². The van der Waals surface area contributed by atoms with Gasteiger partial charge in [-0.3, -0.25) is 0 Å². The molecule has 0 bridgehead atoms. The first-order valence-electron chi connectivity index (χ1n) is 8.26. The van der Waals surface area contributed by atoms with E-state index in [1.165, 1.54) is 23.0 Å². The standard InChI is InChI=1S/C20H20N2O3S/c1-20(2)16-9-13(22(3)6-7-23)4-5-15(16)18-17(20)10-14(26-18)8-12(11-21)19(24)25/h4-5,8-10,23H,6-7H2,1-3H3,(H,24,25)/b12-8+. The number of thiophene rings is 1. The molecule has 0 unspecified atom stereocenters. The van der Waals surface area contributed by atoms with Crippen molar-refractivity contribution in [2.75, 3.05) is 25.1 Å². The quantitative estimate of drug-likeness (QED) is 0.623. The van der Waals surface area contributed by atoms with Crippen LogP contribution in [-0.4, -0.2) is 36.4 Å². The van der Waals surface area contributed by atoms with Crippen molar-refractivity contribution in [2.45, 2.75) is 19.3 Å². The third kappa shape index (κ3) is 2.90. The van der Waals surface area contributed by atoms with Crippen LogP contribution in [-0.2, 0) is 10.2 Å². The second-order valence-electron chi connectivity index (χ2n) is 6.87. The van der Waals surface area contributed by atoms with Crippen LogP contribution in [0.3, 0.4) is 0 Å². The molecular weight excluding hydrogens is 348 g/mol. The molecule has 0 aliphatic heterocycles. The lowest BCUT2D eigenvalue weighted by atomic mass is 9.82. The average Bonchev–Trinajstić information content (AvgIpc) is 3.10. The summed E-state index contributed by atoms with van der Waals surface area (Å²) in [4.78, 5) is 15.0. The average molecular weight is 368 g/mol. The third-order valence-electron chi connectivity index (χ3n) is 4.86. The molecule has 1 aromatic heterocycles. The second kappa shape index (κ2) is 6.60. The van der Waals surface area contributed by atoms with Gasteiger partial charge in [0.2, 0.25) is 0 Å². The van der Waals surface area contributed by atoms with Gasteiger partial charge in [-0.05, 0) is 41.0 Å². The Bertz CT molecular complexity index is 950. The number of carboxylic acids is 1. The van der Waals surface area contributed by atoms with E-state index in [0.717, 1.165) is 26.6 Å². The molecule has 6 heteroatoms. The topological polar surface area (TPSA) is 84.6 Å². The zero-order valence-corrected chi connectivity index (χ0v) is 15.7. The molecule has 2 aromatic rings. The highest BCUT2D eigenvalue weighted by Gasteiger charge is 2.37. The fourth-order valence-corrected chi connectivity index (χ4v) is 4.64. The summed E-state index contributed by atoms with van der Waals surface area (Å²) in [5, 5.41) is 27.2. The van der Waals surface area contributed by atoms with Crippen molar-refractivity contribution < 1.29 is 15.0 Å². The highest BCUT2D eigenvalue weighted by molar-refractivity contribution is 7.16. The number of aliphatic hydroxyl groups is 1. The zero-order valence-electron chi connectivity index (χ0n) is 14.9. The maximum Gasteiger partial charge on any atom is 0.346 e. The van der Waals surface area contributed by atoms with Crippen LogP contribution in [0.5, 0.6) is 0 Å². The molecule has 0 saturated carbocycles. The number of rotatable bonds is 5. The Labute approximate surface area is 156 Å². The molecule has 5 nitrogen and oxygen atoms in total. The first-order valence-corrected chi connectivity index (χ1v) is 9.07. The number of aliphatic hydroxyl groups excluding tert-OH is 1. The van der Waals surface area contributed by atoms with E-state index in [9.17, 15) is 4.79 Å². The summed E-state index contributed by atoms with van der Waals surface area (Å²) in [6, 6.07) is 9.99. The van der Waals surface area contributed by atoms with Crippen LogP contribution in [0, 0.1) is 11.3 Å². The van der Waals surface area contributed by atoms with E-state index >= 15 is 0 Å². The second-order valence-corrected chi connectivity index (χ2v) is 7.95. The molecule has 2 N–H and O–H groups in total. The van der Waals surface area contributed by atoms with Crippen molar-refractivity contribution in [1.82, 2.24) is 0 Å². The molecule has 0 amide bonds. The minimum absolute atomic E-state index is 0.102. The summed E-state index contributed by atoms with van der Waals surface area (Å²) in [7, 11) is 1.95. The minimum Gasteiger partial charge on any atom is -0.477 e. The van der Waals surface area contributed by atoms with Gasteiger partial charge in [-0.15, -0.1) is 11.3 Å². The molecule has 26 heavy (non-hydrogen) atoms. The van der Waals surface area contributed by atoms with Gasteiger partial charge < -0.3 is 15.1 Å². The van der Waals surface area contributed by atoms with Gasteiger partial charge in [0.05, 0.1) is 6.61 Å². The maximum absolute atomic E-state index is 11.1. The zero-order chi connectivity index (χ0) is 19.1. The first kappa shape index (κ1) is 18.2. The molecule has 134 valence electrons. The van der Waals surface area contributed by atoms with E-state index < -0.39 is 5.97 Å². The number of aliphatic carboxylic acids is 1. The lowest BCUT2D eigenvalue weighted by molar-refractivity contribution is -0.132. The molecule has 0 saturated heterocycles. The monoisotopic (exact) mass is 368 g/mol. The van der Waals surface area contributed by atoms with Crippen molar-refractivity contribution in [3.05, 3.63) is 45.8 Å². The predicted molar refractivity (Wildman–Crippen MR) is 103 cm³/mol. The Morgan fingerprint density at radius 1 is 1.35 bits per heavy atom. The first-order chi connectivity index (χ1) is 12.3. The number of nitriles is 1. The molecule has 0 fully saturated rings. The Kier molecular flexibility index (Phi) is 4.61. The van der Waals surface area contributed by atoms with Gasteiger partial charge >= 0.3 is 5.97 Å². The summed E-state index contributed by atoms with van der Waals surface area (Å²) < 4.78 is 0. The van der Waals surface area contributed by atoms with Crippen LogP contribution < -0.4 is 4.90 Å². The number of carboxylic acid groups (broad SMARTS) is 1. The number of likely N-dealkylation sites (N-methyl/N-ethyl adjacent to an activating group) is 1. The van der Waals surface area contributed by atoms with E-state index in [1.807, 2.05) is 24.1 Å². The van der Waals surface area contributed by atoms with Crippen LogP contribution in [0.4, 0.5) is 5.69 Å². The van der Waals surface area contributed by atoms with E-state index in [2.05, 4.69) is 26.0 Å². The molecule has 3 rings (SSSR count). The fourth-order valence-electron chi connectivity index (χ4n) is 3.34. The minimum atomic E-state index is -1.21. The van der Waals surface area contributed by atoms with Crippen LogP contribution in [0.2, 0.25) is 0 Å². The fraction of sp³-hybridized carbons (Fsp3) is 0.300. The normalized spacial score (nSPS) is 14.5. The molecule has 0 atom stereocenters. The summed E-state index contributed by atoms with van der Waals surface area (Å²) in [5.74, 6) is -1.21. The number of anilines is 1. The maximum atomic E-state index is 11.1. The van der Waals surface area contributed by atoms with E-state index in [1.54, 1.807) is 6.07 Å².